The van der Waals surface area contributed by atoms with Gasteiger partial charge in [0.25, 0.3) is 0 Å². The van der Waals surface area contributed by atoms with E-state index in [9.17, 15) is 19.2 Å². The minimum Gasteiger partial charge on any atom is -0.466 e. The Morgan fingerprint density at radius 2 is 0.622 bits per heavy atom. The van der Waals surface area contributed by atoms with Crippen LogP contribution in [0.1, 0.15) is 330 Å². The Balaban J connectivity index is 5.49. The molecule has 0 aliphatic rings. The van der Waals surface area contributed by atoms with Crippen LogP contribution in [0.3, 0.4) is 0 Å². The predicted molar refractivity (Wildman–Crippen MR) is 315 cm³/mol. The third-order valence-corrected chi connectivity index (χ3v) is 15.5. The van der Waals surface area contributed by atoms with Gasteiger partial charge in [-0.15, -0.1) is 0 Å². The molecule has 0 radical (unpaired) electrons. The van der Waals surface area contributed by atoms with E-state index in [1.807, 2.05) is 6.92 Å². The van der Waals surface area contributed by atoms with Crippen molar-refractivity contribution < 1.29 is 33.4 Å². The zero-order valence-corrected chi connectivity index (χ0v) is 50.5. The lowest BCUT2D eigenvalue weighted by Crippen LogP contribution is -2.41. The zero-order chi connectivity index (χ0) is 54.4. The van der Waals surface area contributed by atoms with E-state index in [-0.39, 0.29) is 29.9 Å². The highest BCUT2D eigenvalue weighted by molar-refractivity contribution is 5.76. The number of hydrogen-bond acceptors (Lipinski definition) is 8. The first-order chi connectivity index (χ1) is 36.1. The summed E-state index contributed by atoms with van der Waals surface area (Å²) in [4.78, 5) is 56.5. The lowest BCUT2D eigenvalue weighted by atomic mass is 9.94. The van der Waals surface area contributed by atoms with Crippen molar-refractivity contribution in [3.63, 3.8) is 0 Å². The Morgan fingerprint density at radius 3 is 0.986 bits per heavy atom. The van der Waals surface area contributed by atoms with Gasteiger partial charge in [0.15, 0.2) is 0 Å². The SMILES string of the molecule is CCCCCCCCCCC(CCCCCCCC)COC(=O)CCCCCC(CCCCCC(=O)OCC(CCCCCC)CCCCCCCC)N(CCCN(C)C)C(=O)CCCCCCCC(=O)OCC. The number of carbonyl (C=O) groups excluding carboxylic acids is 4. The highest BCUT2D eigenvalue weighted by atomic mass is 16.5. The second-order valence-corrected chi connectivity index (χ2v) is 23.0. The summed E-state index contributed by atoms with van der Waals surface area (Å²) in [6, 6.07) is 0.141. The van der Waals surface area contributed by atoms with Crippen LogP contribution >= 0.6 is 0 Å². The molecular formula is C65H126N2O7. The van der Waals surface area contributed by atoms with E-state index in [1.165, 1.54) is 167 Å². The molecule has 3 atom stereocenters. The molecule has 0 heterocycles. The van der Waals surface area contributed by atoms with Gasteiger partial charge in [-0.3, -0.25) is 19.2 Å². The fraction of sp³-hybridized carbons (Fsp3) is 0.938. The van der Waals surface area contributed by atoms with E-state index in [2.05, 4.69) is 51.6 Å². The van der Waals surface area contributed by atoms with Gasteiger partial charge in [-0.05, 0) is 110 Å². The minimum atomic E-state index is -0.121. The maximum absolute atomic E-state index is 14.1. The van der Waals surface area contributed by atoms with Crippen LogP contribution in [0, 0.1) is 11.8 Å². The second-order valence-electron chi connectivity index (χ2n) is 23.0. The summed E-state index contributed by atoms with van der Waals surface area (Å²) in [5, 5.41) is 0. The van der Waals surface area contributed by atoms with Gasteiger partial charge in [-0.2, -0.15) is 0 Å². The van der Waals surface area contributed by atoms with Crippen LogP contribution in [-0.2, 0) is 33.4 Å². The van der Waals surface area contributed by atoms with Gasteiger partial charge >= 0.3 is 17.9 Å². The van der Waals surface area contributed by atoms with E-state index in [4.69, 9.17) is 14.2 Å². The highest BCUT2D eigenvalue weighted by Crippen LogP contribution is 2.24. The lowest BCUT2D eigenvalue weighted by molar-refractivity contribution is -0.146. The number of nitrogens with zero attached hydrogens (tertiary/aromatic N) is 2. The summed E-state index contributed by atoms with van der Waals surface area (Å²) >= 11 is 0. The van der Waals surface area contributed by atoms with Crippen molar-refractivity contribution in [1.29, 1.82) is 0 Å². The largest absolute Gasteiger partial charge is 0.466 e. The fourth-order valence-corrected chi connectivity index (χ4v) is 10.7. The summed E-state index contributed by atoms with van der Waals surface area (Å²) < 4.78 is 17.0. The first-order valence-corrected chi connectivity index (χ1v) is 32.5. The van der Waals surface area contributed by atoms with Crippen LogP contribution in [0.25, 0.3) is 0 Å². The third kappa shape index (κ3) is 48.2. The van der Waals surface area contributed by atoms with E-state index < -0.39 is 0 Å². The summed E-state index contributed by atoms with van der Waals surface area (Å²) in [6.45, 7) is 14.2. The molecule has 74 heavy (non-hydrogen) atoms. The molecule has 0 fully saturated rings. The van der Waals surface area contributed by atoms with Crippen LogP contribution < -0.4 is 0 Å². The molecule has 0 aromatic rings. The van der Waals surface area contributed by atoms with Crippen molar-refractivity contribution in [3.05, 3.63) is 0 Å². The number of rotatable bonds is 58. The summed E-state index contributed by atoms with van der Waals surface area (Å²) in [5.74, 6) is 0.971. The van der Waals surface area contributed by atoms with E-state index >= 15 is 0 Å². The molecule has 0 N–H and O–H groups in total. The topological polar surface area (TPSA) is 102 Å². The van der Waals surface area contributed by atoms with Crippen LogP contribution in [0.4, 0.5) is 0 Å². The molecule has 0 spiro atoms. The Kier molecular flexibility index (Phi) is 54.0. The van der Waals surface area contributed by atoms with Crippen LogP contribution in [-0.4, -0.2) is 86.7 Å². The standard InChI is InChI=1S/C65H126N2O7/c1-8-13-17-21-24-25-29-37-48-60(47-36-28-23-19-15-10-3)58-74-65(71)54-43-33-39-50-61(67(56-44-55-66(6)7)62(68)51-40-30-26-31-41-52-63(69)72-12-5)49-38-32-42-53-64(70)73-57-59(45-34-20-16-11-4)46-35-27-22-18-14-9-2/h59-61H,8-58H2,1-7H3. The average molecular weight is 1050 g/mol. The van der Waals surface area contributed by atoms with Gasteiger partial charge in [0.2, 0.25) is 5.91 Å². The van der Waals surface area contributed by atoms with Crippen molar-refractivity contribution in [2.75, 3.05) is 47.0 Å². The number of esters is 3. The number of carbonyl (C=O) groups is 4. The van der Waals surface area contributed by atoms with Crippen molar-refractivity contribution in [1.82, 2.24) is 9.80 Å². The molecule has 0 aromatic carbocycles. The van der Waals surface area contributed by atoms with Gasteiger partial charge in [0.1, 0.15) is 0 Å². The van der Waals surface area contributed by atoms with Crippen LogP contribution in [0.2, 0.25) is 0 Å². The highest BCUT2D eigenvalue weighted by Gasteiger charge is 2.23. The van der Waals surface area contributed by atoms with Gasteiger partial charge in [0.05, 0.1) is 19.8 Å². The van der Waals surface area contributed by atoms with Crippen molar-refractivity contribution >= 4 is 23.8 Å². The Labute approximate surface area is 460 Å². The molecular weight excluding hydrogens is 921 g/mol. The molecule has 438 valence electrons. The van der Waals surface area contributed by atoms with Gasteiger partial charge in [-0.25, -0.2) is 0 Å². The predicted octanol–water partition coefficient (Wildman–Crippen LogP) is 18.7. The Morgan fingerprint density at radius 1 is 0.324 bits per heavy atom. The zero-order valence-electron chi connectivity index (χ0n) is 50.5. The normalized spacial score (nSPS) is 12.8. The van der Waals surface area contributed by atoms with Gasteiger partial charge < -0.3 is 24.0 Å². The quantitative estimate of drug-likeness (QED) is 0.0337. The molecule has 0 aliphatic heterocycles. The molecule has 0 saturated carbocycles. The molecule has 1 amide bonds. The average Bonchev–Trinajstić information content (AvgIpc) is 3.38. The maximum Gasteiger partial charge on any atom is 0.305 e. The van der Waals surface area contributed by atoms with Crippen molar-refractivity contribution in [3.8, 4) is 0 Å². The summed E-state index contributed by atoms with van der Waals surface area (Å²) in [6.07, 6.45) is 50.7. The van der Waals surface area contributed by atoms with E-state index in [1.54, 1.807) is 0 Å². The van der Waals surface area contributed by atoms with E-state index in [0.29, 0.717) is 57.3 Å². The molecule has 0 aromatic heterocycles. The van der Waals surface area contributed by atoms with Crippen LogP contribution in [0.15, 0.2) is 0 Å². The number of hydrogen-bond donors (Lipinski definition) is 0. The summed E-state index contributed by atoms with van der Waals surface area (Å²) in [7, 11) is 4.19. The van der Waals surface area contributed by atoms with Crippen LogP contribution in [0.5, 0.6) is 0 Å². The molecule has 9 nitrogen and oxygen atoms in total. The second kappa shape index (κ2) is 55.6. The van der Waals surface area contributed by atoms with Crippen molar-refractivity contribution in [2.24, 2.45) is 11.8 Å². The molecule has 3 unspecified atom stereocenters. The van der Waals surface area contributed by atoms with Gasteiger partial charge in [-0.1, -0.05) is 227 Å². The lowest BCUT2D eigenvalue weighted by Gasteiger charge is -2.33. The number of ether oxygens (including phenoxy) is 3. The first kappa shape index (κ1) is 71.8. The summed E-state index contributed by atoms with van der Waals surface area (Å²) in [5.41, 5.74) is 0. The Hall–Kier alpha value is -2.16. The number of amides is 1. The monoisotopic (exact) mass is 1050 g/mol. The van der Waals surface area contributed by atoms with Crippen molar-refractivity contribution in [2.45, 2.75) is 336 Å². The Bertz CT molecular complexity index is 1240. The number of unbranched alkanes of at least 4 members (excludes halogenated alkanes) is 28. The van der Waals surface area contributed by atoms with E-state index in [0.717, 1.165) is 116 Å². The smallest absolute Gasteiger partial charge is 0.305 e. The minimum absolute atomic E-state index is 0.0503. The molecule has 9 heteroatoms. The maximum atomic E-state index is 14.1. The van der Waals surface area contributed by atoms with Gasteiger partial charge in [0, 0.05) is 38.3 Å². The fourth-order valence-electron chi connectivity index (χ4n) is 10.7. The molecule has 0 bridgehead atoms. The molecule has 0 aliphatic carbocycles. The first-order valence-electron chi connectivity index (χ1n) is 32.5. The third-order valence-electron chi connectivity index (χ3n) is 15.5. The molecule has 0 rings (SSSR count). The molecule has 0 saturated heterocycles.